The summed E-state index contributed by atoms with van der Waals surface area (Å²) in [4.78, 5) is 29.2. The van der Waals surface area contributed by atoms with Crippen molar-refractivity contribution in [2.45, 2.75) is 52.4 Å². The highest BCUT2D eigenvalue weighted by Gasteiger charge is 2.24. The first-order valence-electron chi connectivity index (χ1n) is 13.2. The Balaban J connectivity index is 0.00000441. The van der Waals surface area contributed by atoms with Crippen LogP contribution >= 0.6 is 17.0 Å². The fraction of sp³-hybridized carbons (Fsp3) is 0.300. The Labute approximate surface area is 246 Å². The van der Waals surface area contributed by atoms with Crippen molar-refractivity contribution < 1.29 is 18.0 Å². The van der Waals surface area contributed by atoms with E-state index in [4.69, 9.17) is 4.98 Å². The van der Waals surface area contributed by atoms with Gasteiger partial charge in [0, 0.05) is 35.5 Å². The number of carbonyl (C=O) groups excluding carboxylic acids is 2. The lowest BCUT2D eigenvalue weighted by Gasteiger charge is -2.21. The quantitative estimate of drug-likeness (QED) is 0.133. The number of halogens is 1. The number of aromatic nitrogens is 1. The third kappa shape index (κ3) is 7.57. The van der Waals surface area contributed by atoms with Crippen molar-refractivity contribution in [2.75, 3.05) is 21.2 Å². The Hall–Kier alpha value is -3.50. The summed E-state index contributed by atoms with van der Waals surface area (Å²) >= 11 is 0. The molecule has 0 unspecified atom stereocenters. The van der Waals surface area contributed by atoms with Gasteiger partial charge in [0.25, 0.3) is 0 Å². The summed E-state index contributed by atoms with van der Waals surface area (Å²) in [5.41, 5.74) is 4.03. The van der Waals surface area contributed by atoms with E-state index in [1.54, 1.807) is 24.3 Å². The number of fused-ring (bicyclic) bond motifs is 2. The second-order valence-electron chi connectivity index (χ2n) is 9.67. The van der Waals surface area contributed by atoms with Crippen LogP contribution in [0.15, 0.2) is 66.7 Å². The number of nitrogens with one attached hydrogen (secondary N) is 2. The normalized spacial score (nSPS) is 11.2. The molecule has 0 saturated heterocycles. The molecule has 1 aromatic heterocycles. The van der Waals surface area contributed by atoms with Gasteiger partial charge in [-0.25, -0.2) is 17.7 Å². The van der Waals surface area contributed by atoms with Gasteiger partial charge in [-0.15, -0.1) is 17.0 Å². The summed E-state index contributed by atoms with van der Waals surface area (Å²) in [7, 11) is -3.78. The van der Waals surface area contributed by atoms with E-state index in [1.807, 2.05) is 42.5 Å². The number of hydrogen-bond donors (Lipinski definition) is 2. The molecule has 4 aromatic rings. The zero-order valence-electron chi connectivity index (χ0n) is 22.9. The van der Waals surface area contributed by atoms with Gasteiger partial charge in [-0.3, -0.25) is 9.59 Å². The molecule has 0 spiro atoms. The fourth-order valence-corrected chi connectivity index (χ4v) is 5.60. The molecule has 0 bridgehead atoms. The molecule has 8 nitrogen and oxygen atoms in total. The zero-order chi connectivity index (χ0) is 28.0. The van der Waals surface area contributed by atoms with Crippen LogP contribution in [-0.2, 0) is 19.6 Å². The van der Waals surface area contributed by atoms with Crippen LogP contribution in [-0.4, -0.2) is 31.5 Å². The standard InChI is InChI=1S/C30H34N4O4S.BrH/c1-4-5-6-7-8-13-29(36)34(39(3,37)38)24-17-14-22(15-18-24)32-30-25-11-9-10-12-27(25)33-28-20-23(31-21(2)35)16-19-26(28)30;/h9-12,14-20H,4-8,13H2,1-3H3,(H,31,35)(H,32,33);1H. The Morgan fingerprint density at radius 3 is 2.17 bits per heavy atom. The van der Waals surface area contributed by atoms with E-state index in [1.165, 1.54) is 6.92 Å². The van der Waals surface area contributed by atoms with Crippen LogP contribution in [0.2, 0.25) is 0 Å². The summed E-state index contributed by atoms with van der Waals surface area (Å²) < 4.78 is 26.0. The number of sulfonamides is 1. The van der Waals surface area contributed by atoms with E-state index < -0.39 is 15.9 Å². The topological polar surface area (TPSA) is 108 Å². The van der Waals surface area contributed by atoms with Crippen LogP contribution in [0.4, 0.5) is 22.7 Å². The number of carbonyl (C=O) groups is 2. The van der Waals surface area contributed by atoms with Crippen LogP contribution in [0.3, 0.4) is 0 Å². The van der Waals surface area contributed by atoms with Crippen molar-refractivity contribution in [3.05, 3.63) is 66.7 Å². The molecule has 0 aliphatic rings. The lowest BCUT2D eigenvalue weighted by atomic mass is 10.1. The van der Waals surface area contributed by atoms with Gasteiger partial charge >= 0.3 is 0 Å². The third-order valence-electron chi connectivity index (χ3n) is 6.43. The molecule has 0 aliphatic heterocycles. The summed E-state index contributed by atoms with van der Waals surface area (Å²) in [6, 6.07) is 20.1. The largest absolute Gasteiger partial charge is 0.354 e. The highest BCUT2D eigenvalue weighted by atomic mass is 79.9. The van der Waals surface area contributed by atoms with E-state index in [2.05, 4.69) is 17.6 Å². The first-order valence-corrected chi connectivity index (χ1v) is 15.0. The van der Waals surface area contributed by atoms with Crippen molar-refractivity contribution in [1.29, 1.82) is 0 Å². The molecule has 0 aliphatic carbocycles. The number of unbranched alkanes of at least 4 members (excludes halogenated alkanes) is 4. The number of anilines is 4. The smallest absolute Gasteiger partial charge is 0.240 e. The minimum atomic E-state index is -3.78. The summed E-state index contributed by atoms with van der Waals surface area (Å²) in [5, 5.41) is 8.03. The van der Waals surface area contributed by atoms with Gasteiger partial charge in [0.05, 0.1) is 28.7 Å². The number of para-hydroxylation sites is 1. The number of rotatable bonds is 11. The third-order valence-corrected chi connectivity index (χ3v) is 7.50. The molecule has 1 heterocycles. The number of nitrogens with zero attached hydrogens (tertiary/aromatic N) is 2. The number of pyridine rings is 1. The van der Waals surface area contributed by atoms with Crippen molar-refractivity contribution in [3.8, 4) is 0 Å². The molecule has 2 N–H and O–H groups in total. The average molecular weight is 628 g/mol. The maximum atomic E-state index is 12.9. The number of hydrogen-bond acceptors (Lipinski definition) is 6. The Morgan fingerprint density at radius 2 is 1.50 bits per heavy atom. The van der Waals surface area contributed by atoms with Gasteiger partial charge in [0.1, 0.15) is 0 Å². The molecule has 0 atom stereocenters. The van der Waals surface area contributed by atoms with Crippen molar-refractivity contribution in [1.82, 2.24) is 4.98 Å². The molecular formula is C30H35BrN4O4S. The van der Waals surface area contributed by atoms with E-state index in [-0.39, 0.29) is 29.3 Å². The molecule has 0 fully saturated rings. The predicted molar refractivity (Wildman–Crippen MR) is 169 cm³/mol. The lowest BCUT2D eigenvalue weighted by molar-refractivity contribution is -0.117. The van der Waals surface area contributed by atoms with Crippen LogP contribution in [0.5, 0.6) is 0 Å². The molecule has 0 saturated carbocycles. The first kappa shape index (κ1) is 31.0. The molecule has 4 rings (SSSR count). The van der Waals surface area contributed by atoms with Crippen LogP contribution in [0, 0.1) is 0 Å². The number of benzene rings is 3. The highest BCUT2D eigenvalue weighted by Crippen LogP contribution is 2.35. The van der Waals surface area contributed by atoms with Crippen LogP contribution in [0.1, 0.15) is 52.4 Å². The lowest BCUT2D eigenvalue weighted by Crippen LogP contribution is -2.36. The van der Waals surface area contributed by atoms with Gasteiger partial charge in [0.2, 0.25) is 21.8 Å². The second kappa shape index (κ2) is 13.7. The van der Waals surface area contributed by atoms with Gasteiger partial charge in [-0.2, -0.15) is 0 Å². The first-order chi connectivity index (χ1) is 18.7. The fourth-order valence-electron chi connectivity index (χ4n) is 4.63. The van der Waals surface area contributed by atoms with E-state index in [0.29, 0.717) is 23.3 Å². The van der Waals surface area contributed by atoms with E-state index in [0.717, 1.165) is 63.9 Å². The zero-order valence-corrected chi connectivity index (χ0v) is 25.5. The highest BCUT2D eigenvalue weighted by molar-refractivity contribution is 8.93. The molecular weight excluding hydrogens is 592 g/mol. The van der Waals surface area contributed by atoms with Crippen molar-refractivity contribution in [2.24, 2.45) is 0 Å². The molecule has 3 aromatic carbocycles. The van der Waals surface area contributed by atoms with Gasteiger partial charge in [0.15, 0.2) is 0 Å². The molecule has 2 amide bonds. The van der Waals surface area contributed by atoms with Crippen molar-refractivity contribution >= 4 is 83.4 Å². The van der Waals surface area contributed by atoms with E-state index >= 15 is 0 Å². The SMILES string of the molecule is Br.CCCCCCCC(=O)N(c1ccc(Nc2c3ccccc3nc3cc(NC(C)=O)ccc23)cc1)S(C)(=O)=O. The molecule has 40 heavy (non-hydrogen) atoms. The summed E-state index contributed by atoms with van der Waals surface area (Å²) in [5.74, 6) is -0.581. The molecule has 10 heteroatoms. The van der Waals surface area contributed by atoms with Crippen LogP contribution in [0.25, 0.3) is 21.8 Å². The van der Waals surface area contributed by atoms with Crippen molar-refractivity contribution in [3.63, 3.8) is 0 Å². The monoisotopic (exact) mass is 626 g/mol. The second-order valence-corrected chi connectivity index (χ2v) is 11.5. The summed E-state index contributed by atoms with van der Waals surface area (Å²) in [6.07, 6.45) is 6.06. The summed E-state index contributed by atoms with van der Waals surface area (Å²) in [6.45, 7) is 3.58. The average Bonchev–Trinajstić information content (AvgIpc) is 2.88. The Morgan fingerprint density at radius 1 is 0.850 bits per heavy atom. The van der Waals surface area contributed by atoms with Gasteiger partial charge in [-0.05, 0) is 55.0 Å². The minimum absolute atomic E-state index is 0. The Kier molecular flexibility index (Phi) is 10.6. The minimum Gasteiger partial charge on any atom is -0.354 e. The molecule has 212 valence electrons. The van der Waals surface area contributed by atoms with E-state index in [9.17, 15) is 18.0 Å². The number of amides is 2. The van der Waals surface area contributed by atoms with Crippen LogP contribution < -0.4 is 14.9 Å². The van der Waals surface area contributed by atoms with Gasteiger partial charge in [-0.1, -0.05) is 50.8 Å². The Bertz CT molecular complexity index is 1610. The predicted octanol–water partition coefficient (Wildman–Crippen LogP) is 7.32. The van der Waals surface area contributed by atoms with Gasteiger partial charge < -0.3 is 10.6 Å². The maximum Gasteiger partial charge on any atom is 0.240 e. The maximum absolute atomic E-state index is 12.9. The molecule has 0 radical (unpaired) electrons.